The van der Waals surface area contributed by atoms with Gasteiger partial charge in [0.2, 0.25) is 5.91 Å². The zero-order chi connectivity index (χ0) is 19.2. The lowest BCUT2D eigenvalue weighted by atomic mass is 10.1. The van der Waals surface area contributed by atoms with E-state index in [1.54, 1.807) is 11.0 Å². The van der Waals surface area contributed by atoms with Gasteiger partial charge in [0.25, 0.3) is 5.91 Å². The van der Waals surface area contributed by atoms with Gasteiger partial charge in [-0.05, 0) is 30.2 Å². The first-order valence-corrected chi connectivity index (χ1v) is 9.27. The van der Waals surface area contributed by atoms with Crippen molar-refractivity contribution >= 4 is 48.0 Å². The standard InChI is InChI=1S/C21H26N4O2.2ClH/c1-24-12-10-20(26)23-18-15-17(7-8-19(18)24)21(27)25(14-11-22)13-9-16-5-3-2-4-6-16;;/h2-8,15H,9-14,22H2,1H3,(H,23,26);2*1H. The first-order chi connectivity index (χ1) is 13.1. The molecule has 2 aromatic rings. The second-order valence-electron chi connectivity index (χ2n) is 6.77. The highest BCUT2D eigenvalue weighted by Gasteiger charge is 2.20. The van der Waals surface area contributed by atoms with Crippen LogP contribution in [0.4, 0.5) is 11.4 Å². The van der Waals surface area contributed by atoms with Gasteiger partial charge in [-0.3, -0.25) is 9.59 Å². The number of hydrogen-bond acceptors (Lipinski definition) is 4. The molecule has 3 rings (SSSR count). The van der Waals surface area contributed by atoms with E-state index in [0.29, 0.717) is 43.9 Å². The Kier molecular flexibility index (Phi) is 9.95. The van der Waals surface area contributed by atoms with Crippen LogP contribution in [0.15, 0.2) is 48.5 Å². The number of hydrogen-bond donors (Lipinski definition) is 2. The molecule has 0 aromatic heterocycles. The number of amides is 2. The van der Waals surface area contributed by atoms with Gasteiger partial charge in [-0.25, -0.2) is 0 Å². The molecule has 0 saturated heterocycles. The van der Waals surface area contributed by atoms with E-state index in [4.69, 9.17) is 5.73 Å². The number of carbonyl (C=O) groups is 2. The molecule has 6 nitrogen and oxygen atoms in total. The number of fused-ring (bicyclic) bond motifs is 1. The molecular formula is C21H28Cl2N4O2. The Hall–Kier alpha value is -2.28. The third-order valence-electron chi connectivity index (χ3n) is 4.80. The molecule has 29 heavy (non-hydrogen) atoms. The van der Waals surface area contributed by atoms with Crippen LogP contribution in [0.3, 0.4) is 0 Å². The minimum atomic E-state index is -0.0691. The summed E-state index contributed by atoms with van der Waals surface area (Å²) in [5.74, 6) is -0.103. The number of carbonyl (C=O) groups excluding carboxylic acids is 2. The van der Waals surface area contributed by atoms with Crippen LogP contribution in [-0.4, -0.2) is 49.9 Å². The van der Waals surface area contributed by atoms with Crippen molar-refractivity contribution in [2.75, 3.05) is 43.4 Å². The molecule has 2 amide bonds. The third-order valence-corrected chi connectivity index (χ3v) is 4.80. The Labute approximate surface area is 184 Å². The van der Waals surface area contributed by atoms with Gasteiger partial charge in [0.1, 0.15) is 0 Å². The van der Waals surface area contributed by atoms with Crippen molar-refractivity contribution in [3.8, 4) is 0 Å². The van der Waals surface area contributed by atoms with E-state index in [0.717, 1.165) is 12.1 Å². The zero-order valence-corrected chi connectivity index (χ0v) is 18.1. The van der Waals surface area contributed by atoms with Crippen LogP contribution in [-0.2, 0) is 11.2 Å². The normalized spacial score (nSPS) is 12.6. The van der Waals surface area contributed by atoms with Crippen LogP contribution in [0.5, 0.6) is 0 Å². The highest BCUT2D eigenvalue weighted by molar-refractivity contribution is 6.00. The first-order valence-electron chi connectivity index (χ1n) is 9.27. The van der Waals surface area contributed by atoms with Crippen LogP contribution in [0.2, 0.25) is 0 Å². The van der Waals surface area contributed by atoms with Gasteiger partial charge in [-0.2, -0.15) is 0 Å². The van der Waals surface area contributed by atoms with E-state index in [1.807, 2.05) is 42.3 Å². The number of benzene rings is 2. The minimum Gasteiger partial charge on any atom is -0.372 e. The van der Waals surface area contributed by atoms with Crippen molar-refractivity contribution in [1.82, 2.24) is 4.90 Å². The third kappa shape index (κ3) is 6.35. The molecule has 0 unspecified atom stereocenters. The fourth-order valence-corrected chi connectivity index (χ4v) is 3.27. The summed E-state index contributed by atoms with van der Waals surface area (Å²) in [6, 6.07) is 15.6. The summed E-state index contributed by atoms with van der Waals surface area (Å²) >= 11 is 0. The van der Waals surface area contributed by atoms with Gasteiger partial charge < -0.3 is 20.9 Å². The lowest BCUT2D eigenvalue weighted by Gasteiger charge is -2.24. The predicted molar refractivity (Wildman–Crippen MR) is 123 cm³/mol. The van der Waals surface area contributed by atoms with Crippen molar-refractivity contribution in [3.05, 3.63) is 59.7 Å². The van der Waals surface area contributed by atoms with Crippen molar-refractivity contribution in [2.24, 2.45) is 5.73 Å². The van der Waals surface area contributed by atoms with E-state index in [2.05, 4.69) is 17.4 Å². The van der Waals surface area contributed by atoms with Gasteiger partial charge in [0.05, 0.1) is 11.4 Å². The number of nitrogens with two attached hydrogens (primary N) is 1. The van der Waals surface area contributed by atoms with Gasteiger partial charge in [0.15, 0.2) is 0 Å². The fourth-order valence-electron chi connectivity index (χ4n) is 3.27. The summed E-state index contributed by atoms with van der Waals surface area (Å²) in [4.78, 5) is 28.8. The van der Waals surface area contributed by atoms with E-state index < -0.39 is 0 Å². The molecule has 1 heterocycles. The van der Waals surface area contributed by atoms with Gasteiger partial charge in [-0.1, -0.05) is 30.3 Å². The quantitative estimate of drug-likeness (QED) is 0.726. The van der Waals surface area contributed by atoms with Crippen molar-refractivity contribution < 1.29 is 9.59 Å². The Morgan fingerprint density at radius 2 is 1.86 bits per heavy atom. The second kappa shape index (κ2) is 11.7. The highest BCUT2D eigenvalue weighted by atomic mass is 35.5. The number of anilines is 2. The van der Waals surface area contributed by atoms with Crippen LogP contribution in [0.25, 0.3) is 0 Å². The Balaban J connectivity index is 0.00000210. The average molecular weight is 439 g/mol. The maximum Gasteiger partial charge on any atom is 0.253 e. The first kappa shape index (κ1) is 24.8. The number of nitrogens with zero attached hydrogens (tertiary/aromatic N) is 2. The number of halogens is 2. The van der Waals surface area contributed by atoms with Gasteiger partial charge >= 0.3 is 0 Å². The Morgan fingerprint density at radius 3 is 2.55 bits per heavy atom. The largest absolute Gasteiger partial charge is 0.372 e. The minimum absolute atomic E-state index is 0. The lowest BCUT2D eigenvalue weighted by Crippen LogP contribution is -2.37. The second-order valence-corrected chi connectivity index (χ2v) is 6.77. The molecule has 158 valence electrons. The van der Waals surface area contributed by atoms with Gasteiger partial charge in [-0.15, -0.1) is 24.8 Å². The van der Waals surface area contributed by atoms with Crippen LogP contribution < -0.4 is 16.0 Å². The molecule has 0 atom stereocenters. The Morgan fingerprint density at radius 1 is 1.14 bits per heavy atom. The highest BCUT2D eigenvalue weighted by Crippen LogP contribution is 2.29. The van der Waals surface area contributed by atoms with Crippen molar-refractivity contribution in [1.29, 1.82) is 0 Å². The number of nitrogens with one attached hydrogen (secondary N) is 1. The summed E-state index contributed by atoms with van der Waals surface area (Å²) < 4.78 is 0. The topological polar surface area (TPSA) is 78.7 Å². The molecule has 0 bridgehead atoms. The summed E-state index contributed by atoms with van der Waals surface area (Å²) in [5.41, 5.74) is 9.07. The maximum absolute atomic E-state index is 13.0. The maximum atomic E-state index is 13.0. The van der Waals surface area contributed by atoms with E-state index in [-0.39, 0.29) is 36.6 Å². The molecule has 2 aromatic carbocycles. The number of rotatable bonds is 6. The average Bonchev–Trinajstić information content (AvgIpc) is 2.83. The van der Waals surface area contributed by atoms with Crippen molar-refractivity contribution in [2.45, 2.75) is 12.8 Å². The predicted octanol–water partition coefficient (Wildman–Crippen LogP) is 2.95. The Bertz CT molecular complexity index is 818. The molecule has 0 saturated carbocycles. The van der Waals surface area contributed by atoms with Crippen molar-refractivity contribution in [3.63, 3.8) is 0 Å². The van der Waals surface area contributed by atoms with E-state index in [9.17, 15) is 9.59 Å². The lowest BCUT2D eigenvalue weighted by molar-refractivity contribution is -0.115. The van der Waals surface area contributed by atoms with E-state index >= 15 is 0 Å². The molecule has 3 N–H and O–H groups in total. The summed E-state index contributed by atoms with van der Waals surface area (Å²) in [6.45, 7) is 2.16. The molecule has 1 aliphatic rings. The zero-order valence-electron chi connectivity index (χ0n) is 16.5. The smallest absolute Gasteiger partial charge is 0.253 e. The van der Waals surface area contributed by atoms with E-state index in [1.165, 1.54) is 5.56 Å². The summed E-state index contributed by atoms with van der Waals surface area (Å²) in [6.07, 6.45) is 1.21. The molecule has 0 fully saturated rings. The van der Waals surface area contributed by atoms with Crippen LogP contribution >= 0.6 is 24.8 Å². The molecular weight excluding hydrogens is 411 g/mol. The van der Waals surface area contributed by atoms with Crippen LogP contribution in [0.1, 0.15) is 22.3 Å². The molecule has 1 aliphatic heterocycles. The molecule has 0 spiro atoms. The molecule has 8 heteroatoms. The SMILES string of the molecule is CN1CCC(=O)Nc2cc(C(=O)N(CCN)CCc3ccccc3)ccc21.Cl.Cl. The van der Waals surface area contributed by atoms with Gasteiger partial charge in [0, 0.05) is 45.2 Å². The monoisotopic (exact) mass is 438 g/mol. The van der Waals surface area contributed by atoms with Crippen LogP contribution in [0, 0.1) is 0 Å². The fraction of sp³-hybridized carbons (Fsp3) is 0.333. The molecule has 0 radical (unpaired) electrons. The summed E-state index contributed by atoms with van der Waals surface area (Å²) in [5, 5.41) is 2.90. The molecule has 0 aliphatic carbocycles. The summed E-state index contributed by atoms with van der Waals surface area (Å²) in [7, 11) is 1.95.